The van der Waals surface area contributed by atoms with E-state index < -0.39 is 22.0 Å². The van der Waals surface area contributed by atoms with Gasteiger partial charge in [0.05, 0.1) is 10.4 Å². The Kier molecular flexibility index (Phi) is 3.77. The molecule has 3 aromatic rings. The Hall–Kier alpha value is -2.12. The standard InChI is InChI=1S/C15H11ClF2N2O2S/c16-9-3-1-4-10(7-9)23(21,22)20-8-11(15(17)18)14-12(19)5-2-6-13(14)20/h1-8,15H,19H2. The lowest BCUT2D eigenvalue weighted by Crippen LogP contribution is -2.11. The van der Waals surface area contributed by atoms with Crippen LogP contribution in [0, 0.1) is 0 Å². The van der Waals surface area contributed by atoms with Crippen LogP contribution in [0.25, 0.3) is 10.9 Å². The summed E-state index contributed by atoms with van der Waals surface area (Å²) in [5, 5.41) is 0.268. The lowest BCUT2D eigenvalue weighted by Gasteiger charge is -2.08. The molecule has 0 amide bonds. The summed E-state index contributed by atoms with van der Waals surface area (Å²) >= 11 is 5.82. The van der Waals surface area contributed by atoms with Gasteiger partial charge in [-0.3, -0.25) is 0 Å². The smallest absolute Gasteiger partial charge is 0.268 e. The second-order valence-corrected chi connectivity index (χ2v) is 7.14. The topological polar surface area (TPSA) is 65.1 Å². The number of hydrogen-bond donors (Lipinski definition) is 1. The van der Waals surface area contributed by atoms with Gasteiger partial charge in [-0.05, 0) is 30.3 Å². The molecule has 23 heavy (non-hydrogen) atoms. The van der Waals surface area contributed by atoms with E-state index in [4.69, 9.17) is 17.3 Å². The fourth-order valence-corrected chi connectivity index (χ4v) is 4.09. The molecule has 0 aliphatic rings. The zero-order valence-corrected chi connectivity index (χ0v) is 13.2. The average molecular weight is 357 g/mol. The van der Waals surface area contributed by atoms with Crippen molar-refractivity contribution in [2.75, 3.05) is 5.73 Å². The molecule has 1 heterocycles. The molecule has 0 atom stereocenters. The Morgan fingerprint density at radius 2 is 1.83 bits per heavy atom. The summed E-state index contributed by atoms with van der Waals surface area (Å²) in [7, 11) is -4.07. The first-order valence-corrected chi connectivity index (χ1v) is 8.33. The lowest BCUT2D eigenvalue weighted by molar-refractivity contribution is 0.153. The zero-order valence-electron chi connectivity index (χ0n) is 11.6. The number of nitrogens with two attached hydrogens (primary N) is 1. The maximum absolute atomic E-state index is 13.3. The molecule has 0 saturated heterocycles. The molecule has 2 N–H and O–H groups in total. The molecular weight excluding hydrogens is 346 g/mol. The van der Waals surface area contributed by atoms with Crippen molar-refractivity contribution in [3.05, 3.63) is 59.2 Å². The number of fused-ring (bicyclic) bond motifs is 1. The van der Waals surface area contributed by atoms with Crippen molar-refractivity contribution >= 4 is 38.2 Å². The quantitative estimate of drug-likeness (QED) is 0.720. The molecule has 1 aromatic heterocycles. The lowest BCUT2D eigenvalue weighted by atomic mass is 10.1. The third-order valence-electron chi connectivity index (χ3n) is 3.45. The minimum atomic E-state index is -4.07. The summed E-state index contributed by atoms with van der Waals surface area (Å²) in [5.74, 6) is 0. The fraction of sp³-hybridized carbons (Fsp3) is 0.0667. The van der Waals surface area contributed by atoms with Crippen LogP contribution in [0.4, 0.5) is 14.5 Å². The highest BCUT2D eigenvalue weighted by atomic mass is 35.5. The summed E-state index contributed by atoms with van der Waals surface area (Å²) in [6, 6.07) is 10.00. The number of alkyl halides is 2. The van der Waals surface area contributed by atoms with Gasteiger partial charge >= 0.3 is 0 Å². The van der Waals surface area contributed by atoms with Crippen molar-refractivity contribution in [1.29, 1.82) is 0 Å². The number of rotatable bonds is 3. The van der Waals surface area contributed by atoms with E-state index in [0.29, 0.717) is 0 Å². The first-order chi connectivity index (χ1) is 10.8. The molecule has 0 radical (unpaired) electrons. The maximum Gasteiger partial charge on any atom is 0.268 e. The van der Waals surface area contributed by atoms with Crippen molar-refractivity contribution in [2.24, 2.45) is 0 Å². The first kappa shape index (κ1) is 15.8. The molecule has 4 nitrogen and oxygen atoms in total. The number of nitrogens with zero attached hydrogens (tertiary/aromatic N) is 1. The van der Waals surface area contributed by atoms with Crippen LogP contribution in [0.1, 0.15) is 12.0 Å². The van der Waals surface area contributed by atoms with Gasteiger partial charge in [0.1, 0.15) is 0 Å². The molecule has 0 fully saturated rings. The van der Waals surface area contributed by atoms with Crippen molar-refractivity contribution < 1.29 is 17.2 Å². The number of hydrogen-bond acceptors (Lipinski definition) is 3. The molecule has 8 heteroatoms. The van der Waals surface area contributed by atoms with E-state index in [0.717, 1.165) is 10.2 Å². The molecule has 2 aromatic carbocycles. The Morgan fingerprint density at radius 3 is 2.48 bits per heavy atom. The predicted molar refractivity (Wildman–Crippen MR) is 85.3 cm³/mol. The molecule has 120 valence electrons. The third kappa shape index (κ3) is 2.55. The summed E-state index contributed by atoms with van der Waals surface area (Å²) in [4.78, 5) is -0.0925. The largest absolute Gasteiger partial charge is 0.398 e. The van der Waals surface area contributed by atoms with E-state index in [1.54, 1.807) is 0 Å². The summed E-state index contributed by atoms with van der Waals surface area (Å²) in [6.07, 6.45) is -1.94. The van der Waals surface area contributed by atoms with E-state index in [-0.39, 0.29) is 26.5 Å². The van der Waals surface area contributed by atoms with Crippen LogP contribution in [0.3, 0.4) is 0 Å². The second-order valence-electron chi connectivity index (χ2n) is 4.88. The zero-order chi connectivity index (χ0) is 16.8. The van der Waals surface area contributed by atoms with Crippen LogP contribution in [0.2, 0.25) is 5.02 Å². The van der Waals surface area contributed by atoms with Crippen LogP contribution in [-0.2, 0) is 10.0 Å². The van der Waals surface area contributed by atoms with Crippen molar-refractivity contribution in [2.45, 2.75) is 11.3 Å². The predicted octanol–water partition coefficient (Wildman–Crippen LogP) is 4.05. The fourth-order valence-electron chi connectivity index (χ4n) is 2.42. The molecule has 0 aliphatic carbocycles. The molecule has 3 rings (SSSR count). The summed E-state index contributed by atoms with van der Waals surface area (Å²) < 4.78 is 52.9. The minimum Gasteiger partial charge on any atom is -0.398 e. The highest BCUT2D eigenvalue weighted by Gasteiger charge is 2.25. The summed E-state index contributed by atoms with van der Waals surface area (Å²) in [5.41, 5.74) is 5.52. The maximum atomic E-state index is 13.3. The number of benzene rings is 2. The third-order valence-corrected chi connectivity index (χ3v) is 5.35. The first-order valence-electron chi connectivity index (χ1n) is 6.51. The average Bonchev–Trinajstić information content (AvgIpc) is 2.89. The van der Waals surface area contributed by atoms with Gasteiger partial charge in [0, 0.05) is 27.9 Å². The highest BCUT2D eigenvalue weighted by Crippen LogP contribution is 2.35. The van der Waals surface area contributed by atoms with Crippen LogP contribution >= 0.6 is 11.6 Å². The van der Waals surface area contributed by atoms with Crippen molar-refractivity contribution in [3.63, 3.8) is 0 Å². The molecule has 0 saturated carbocycles. The molecule has 0 spiro atoms. The SMILES string of the molecule is Nc1cccc2c1c(C(F)F)cn2S(=O)(=O)c1cccc(Cl)c1. The number of halogens is 3. The molecule has 0 bridgehead atoms. The number of aromatic nitrogens is 1. The monoisotopic (exact) mass is 356 g/mol. The van der Waals surface area contributed by atoms with Crippen LogP contribution < -0.4 is 5.73 Å². The van der Waals surface area contributed by atoms with E-state index in [1.165, 1.54) is 42.5 Å². The van der Waals surface area contributed by atoms with Crippen LogP contribution in [0.5, 0.6) is 0 Å². The van der Waals surface area contributed by atoms with E-state index in [9.17, 15) is 17.2 Å². The second kappa shape index (κ2) is 5.50. The molecular formula is C15H11ClF2N2O2S. The Morgan fingerprint density at radius 1 is 1.13 bits per heavy atom. The summed E-state index contributed by atoms with van der Waals surface area (Å²) in [6.45, 7) is 0. The van der Waals surface area contributed by atoms with E-state index >= 15 is 0 Å². The molecule has 0 unspecified atom stereocenters. The van der Waals surface area contributed by atoms with Gasteiger partial charge in [0.2, 0.25) is 0 Å². The Bertz CT molecular complexity index is 1000. The van der Waals surface area contributed by atoms with Gasteiger partial charge in [-0.15, -0.1) is 0 Å². The van der Waals surface area contributed by atoms with Crippen LogP contribution in [-0.4, -0.2) is 12.4 Å². The highest BCUT2D eigenvalue weighted by molar-refractivity contribution is 7.90. The van der Waals surface area contributed by atoms with Gasteiger partial charge in [-0.1, -0.05) is 23.7 Å². The minimum absolute atomic E-state index is 0.0353. The molecule has 0 aliphatic heterocycles. The Labute approximate surface area is 136 Å². The van der Waals surface area contributed by atoms with Gasteiger partial charge in [0.25, 0.3) is 16.4 Å². The van der Waals surface area contributed by atoms with Gasteiger partial charge in [0.15, 0.2) is 0 Å². The number of nitrogen functional groups attached to an aromatic ring is 1. The van der Waals surface area contributed by atoms with Gasteiger partial charge < -0.3 is 5.73 Å². The van der Waals surface area contributed by atoms with Crippen molar-refractivity contribution in [1.82, 2.24) is 3.97 Å². The van der Waals surface area contributed by atoms with E-state index in [2.05, 4.69) is 0 Å². The van der Waals surface area contributed by atoms with Crippen molar-refractivity contribution in [3.8, 4) is 0 Å². The number of anilines is 1. The van der Waals surface area contributed by atoms with E-state index in [1.807, 2.05) is 0 Å². The Balaban J connectivity index is 2.35. The van der Waals surface area contributed by atoms with Gasteiger partial charge in [-0.2, -0.15) is 0 Å². The normalized spacial score (nSPS) is 12.2. The van der Waals surface area contributed by atoms with Crippen LogP contribution in [0.15, 0.2) is 53.6 Å². The van der Waals surface area contributed by atoms with Gasteiger partial charge in [-0.25, -0.2) is 21.2 Å².